The molecule has 3 heterocycles. The minimum Gasteiger partial charge on any atom is -0.352 e. The molecular weight excluding hydrogens is 481 g/mol. The standard InChI is InChI=1S/C23H26ClN5O2S.ClH/c1-29-9-7-18-17(12-29)27-22(32-18)21(31)28-19-4-2-3-8-23(19,25)20(30)16-11-13-10-14(24)5-6-15(13)26-16;/h5-6,10-11,19,26H,2-4,7-9,12,25H2,1H3,(H,28,31);1H. The summed E-state index contributed by atoms with van der Waals surface area (Å²) in [6, 6.07) is 6.78. The second kappa shape index (κ2) is 9.35. The number of hydrogen-bond acceptors (Lipinski definition) is 6. The Morgan fingerprint density at radius 1 is 1.33 bits per heavy atom. The normalized spacial score (nSPS) is 23.1. The van der Waals surface area contributed by atoms with E-state index in [2.05, 4.69) is 27.2 Å². The van der Waals surface area contributed by atoms with Crippen molar-refractivity contribution in [2.24, 2.45) is 5.73 Å². The molecule has 1 fully saturated rings. The maximum atomic E-state index is 13.5. The van der Waals surface area contributed by atoms with Gasteiger partial charge >= 0.3 is 0 Å². The largest absolute Gasteiger partial charge is 0.352 e. The number of thiazole rings is 1. The molecule has 1 saturated carbocycles. The van der Waals surface area contributed by atoms with E-state index in [4.69, 9.17) is 17.3 Å². The Labute approximate surface area is 207 Å². The molecule has 2 atom stereocenters. The number of fused-ring (bicyclic) bond motifs is 2. The first-order chi connectivity index (χ1) is 15.3. The number of H-pyrrole nitrogens is 1. The van der Waals surface area contributed by atoms with Crippen molar-refractivity contribution in [3.63, 3.8) is 0 Å². The highest BCUT2D eigenvalue weighted by atomic mass is 35.5. The molecule has 0 saturated heterocycles. The van der Waals surface area contributed by atoms with Gasteiger partial charge in [-0.1, -0.05) is 24.4 Å². The van der Waals surface area contributed by atoms with Crippen LogP contribution in [0.2, 0.25) is 5.02 Å². The zero-order chi connectivity index (χ0) is 22.5. The molecule has 2 aromatic heterocycles. The number of nitrogens with zero attached hydrogens (tertiary/aromatic N) is 2. The van der Waals surface area contributed by atoms with Crippen LogP contribution in [0.15, 0.2) is 24.3 Å². The first-order valence-electron chi connectivity index (χ1n) is 10.9. The molecule has 0 spiro atoms. The van der Waals surface area contributed by atoms with E-state index in [0.29, 0.717) is 28.6 Å². The summed E-state index contributed by atoms with van der Waals surface area (Å²) in [4.78, 5) is 37.7. The Hall–Kier alpha value is -1.97. The smallest absolute Gasteiger partial charge is 0.280 e. The summed E-state index contributed by atoms with van der Waals surface area (Å²) in [5, 5.41) is 4.97. The van der Waals surface area contributed by atoms with Gasteiger partial charge in [0.05, 0.1) is 17.4 Å². The molecule has 1 aliphatic carbocycles. The minimum atomic E-state index is -1.17. The van der Waals surface area contributed by atoms with Gasteiger partial charge in [0.2, 0.25) is 5.78 Å². The number of Topliss-reactive ketones (excluding diaryl/α,β-unsaturated/α-hetero) is 1. The summed E-state index contributed by atoms with van der Waals surface area (Å²) in [5.41, 5.74) is 7.82. The molecule has 7 nitrogen and oxygen atoms in total. The van der Waals surface area contributed by atoms with Gasteiger partial charge in [-0.2, -0.15) is 0 Å². The van der Waals surface area contributed by atoms with Crippen molar-refractivity contribution in [3.8, 4) is 0 Å². The number of aromatic nitrogens is 2. The van der Waals surface area contributed by atoms with Gasteiger partial charge < -0.3 is 20.9 Å². The van der Waals surface area contributed by atoms with E-state index in [1.807, 2.05) is 12.1 Å². The third-order valence-corrected chi connectivity index (χ3v) is 8.01. The van der Waals surface area contributed by atoms with Crippen molar-refractivity contribution in [1.82, 2.24) is 20.2 Å². The summed E-state index contributed by atoms with van der Waals surface area (Å²) in [7, 11) is 2.05. The van der Waals surface area contributed by atoms with Crippen molar-refractivity contribution < 1.29 is 9.59 Å². The average Bonchev–Trinajstić information content (AvgIpc) is 3.38. The average molecular weight is 508 g/mol. The fourth-order valence-corrected chi connectivity index (χ4v) is 5.94. The van der Waals surface area contributed by atoms with E-state index in [1.165, 1.54) is 16.2 Å². The number of ketones is 1. The van der Waals surface area contributed by atoms with Crippen LogP contribution in [-0.2, 0) is 13.0 Å². The van der Waals surface area contributed by atoms with Crippen LogP contribution < -0.4 is 11.1 Å². The third-order valence-electron chi connectivity index (χ3n) is 6.62. The van der Waals surface area contributed by atoms with Crippen LogP contribution in [0.4, 0.5) is 0 Å². The molecule has 10 heteroatoms. The van der Waals surface area contributed by atoms with Crippen molar-refractivity contribution >= 4 is 57.9 Å². The van der Waals surface area contributed by atoms with E-state index in [9.17, 15) is 9.59 Å². The number of carbonyl (C=O) groups is 2. The molecule has 33 heavy (non-hydrogen) atoms. The monoisotopic (exact) mass is 507 g/mol. The molecule has 3 aromatic rings. The molecule has 1 aromatic carbocycles. The van der Waals surface area contributed by atoms with Gasteiger partial charge in [0, 0.05) is 33.9 Å². The highest BCUT2D eigenvalue weighted by Gasteiger charge is 2.45. The number of rotatable bonds is 4. The van der Waals surface area contributed by atoms with E-state index < -0.39 is 11.6 Å². The summed E-state index contributed by atoms with van der Waals surface area (Å²) >= 11 is 7.54. The van der Waals surface area contributed by atoms with Crippen LogP contribution in [0.25, 0.3) is 10.9 Å². The molecular formula is C23H27Cl2N5O2S. The highest BCUT2D eigenvalue weighted by molar-refractivity contribution is 7.13. The summed E-state index contributed by atoms with van der Waals surface area (Å²) in [6.45, 7) is 1.72. The van der Waals surface area contributed by atoms with E-state index in [1.54, 1.807) is 12.1 Å². The minimum absolute atomic E-state index is 0. The Kier molecular flexibility index (Phi) is 6.85. The second-order valence-electron chi connectivity index (χ2n) is 8.93. The predicted octanol–water partition coefficient (Wildman–Crippen LogP) is 3.94. The molecule has 1 amide bonds. The fraction of sp³-hybridized carbons (Fsp3) is 0.435. The maximum Gasteiger partial charge on any atom is 0.280 e. The first kappa shape index (κ1) is 24.2. The van der Waals surface area contributed by atoms with Crippen molar-refractivity contribution in [3.05, 3.63) is 50.6 Å². The Morgan fingerprint density at radius 2 is 2.15 bits per heavy atom. The van der Waals surface area contributed by atoms with Crippen molar-refractivity contribution in [2.45, 2.75) is 50.2 Å². The van der Waals surface area contributed by atoms with E-state index in [0.717, 1.165) is 48.9 Å². The van der Waals surface area contributed by atoms with Gasteiger partial charge in [-0.15, -0.1) is 23.7 Å². The number of nitrogens with two attached hydrogens (primary N) is 1. The number of benzene rings is 1. The number of hydrogen-bond donors (Lipinski definition) is 3. The molecule has 4 N–H and O–H groups in total. The van der Waals surface area contributed by atoms with Crippen LogP contribution in [0.1, 0.15) is 56.5 Å². The molecule has 176 valence electrons. The number of aromatic amines is 1. The molecule has 0 bridgehead atoms. The number of halogens is 2. The topological polar surface area (TPSA) is 104 Å². The summed E-state index contributed by atoms with van der Waals surface area (Å²) in [6.07, 6.45) is 3.85. The lowest BCUT2D eigenvalue weighted by molar-refractivity contribution is 0.0755. The number of carbonyl (C=O) groups excluding carboxylic acids is 2. The first-order valence-corrected chi connectivity index (χ1v) is 12.1. The Balaban J connectivity index is 0.00000259. The molecule has 2 aliphatic rings. The zero-order valence-corrected chi connectivity index (χ0v) is 20.7. The highest BCUT2D eigenvalue weighted by Crippen LogP contribution is 2.32. The van der Waals surface area contributed by atoms with Crippen LogP contribution in [0.5, 0.6) is 0 Å². The van der Waals surface area contributed by atoms with Gasteiger partial charge in [-0.05, 0) is 50.6 Å². The van der Waals surface area contributed by atoms with E-state index >= 15 is 0 Å². The van der Waals surface area contributed by atoms with Gasteiger partial charge in [0.15, 0.2) is 5.01 Å². The number of nitrogens with one attached hydrogen (secondary N) is 2. The quantitative estimate of drug-likeness (QED) is 0.464. The van der Waals surface area contributed by atoms with Crippen LogP contribution >= 0.6 is 35.3 Å². The fourth-order valence-electron chi connectivity index (χ4n) is 4.79. The molecule has 2 unspecified atom stereocenters. The van der Waals surface area contributed by atoms with Gasteiger partial charge in [-0.3, -0.25) is 9.59 Å². The van der Waals surface area contributed by atoms with Crippen LogP contribution in [0.3, 0.4) is 0 Å². The zero-order valence-electron chi connectivity index (χ0n) is 18.3. The lowest BCUT2D eigenvalue weighted by Gasteiger charge is -2.39. The van der Waals surface area contributed by atoms with Crippen molar-refractivity contribution in [1.29, 1.82) is 0 Å². The lowest BCUT2D eigenvalue weighted by Crippen LogP contribution is -2.64. The summed E-state index contributed by atoms with van der Waals surface area (Å²) < 4.78 is 0. The second-order valence-corrected chi connectivity index (χ2v) is 10.5. The lowest BCUT2D eigenvalue weighted by atomic mass is 9.74. The Morgan fingerprint density at radius 3 is 2.97 bits per heavy atom. The molecule has 0 radical (unpaired) electrons. The van der Waals surface area contributed by atoms with Gasteiger partial charge in [0.25, 0.3) is 5.91 Å². The van der Waals surface area contributed by atoms with Gasteiger partial charge in [-0.25, -0.2) is 4.98 Å². The van der Waals surface area contributed by atoms with Crippen LogP contribution in [0, 0.1) is 0 Å². The van der Waals surface area contributed by atoms with E-state index in [-0.39, 0.29) is 24.1 Å². The Bertz CT molecular complexity index is 1210. The maximum absolute atomic E-state index is 13.5. The number of amides is 1. The van der Waals surface area contributed by atoms with Crippen LogP contribution in [-0.4, -0.2) is 51.7 Å². The predicted molar refractivity (Wildman–Crippen MR) is 134 cm³/mol. The summed E-state index contributed by atoms with van der Waals surface area (Å²) in [5.74, 6) is -0.431. The molecule has 1 aliphatic heterocycles. The van der Waals surface area contributed by atoms with Gasteiger partial charge in [0.1, 0.15) is 5.54 Å². The third kappa shape index (κ3) is 4.55. The number of likely N-dealkylation sites (N-methyl/N-ethyl adjacent to an activating group) is 1. The SMILES string of the molecule is CN1CCc2sc(C(=O)NC3CCCCC3(N)C(=O)c3cc4cc(Cl)ccc4[nH]3)nc2C1.Cl. The van der Waals surface area contributed by atoms with Crippen molar-refractivity contribution in [2.75, 3.05) is 13.6 Å². The molecule has 5 rings (SSSR count).